The van der Waals surface area contributed by atoms with Crippen molar-refractivity contribution in [1.82, 2.24) is 15.8 Å². The molecule has 0 saturated carbocycles. The Bertz CT molecular complexity index is 806. The number of aromatic nitrogens is 1. The topological polar surface area (TPSA) is 71.7 Å². The van der Waals surface area contributed by atoms with Crippen LogP contribution in [0.4, 0.5) is 4.39 Å². The summed E-state index contributed by atoms with van der Waals surface area (Å²) >= 11 is 0. The monoisotopic (exact) mass is 402 g/mol. The normalized spacial score (nSPS) is 16.6. The highest BCUT2D eigenvalue weighted by Gasteiger charge is 2.35. The van der Waals surface area contributed by atoms with Crippen molar-refractivity contribution < 1.29 is 13.7 Å². The number of aliphatic imine (C=N–C) groups is 1. The van der Waals surface area contributed by atoms with Crippen LogP contribution in [0.25, 0.3) is 0 Å². The fourth-order valence-electron chi connectivity index (χ4n) is 3.93. The summed E-state index contributed by atoms with van der Waals surface area (Å²) in [5.41, 5.74) is 2.90. The standard InChI is InChI=1S/C22H31FN4O2/c1-4-19-18(20(5-2)29-27-19)14-25-21(24-3)26-15-22(9-11-28-12-10-22)16-7-6-8-17(23)13-16/h6-8,13H,4-5,9-12,14-15H2,1-3H3,(H2,24,25,26). The predicted octanol–water partition coefficient (Wildman–Crippen LogP) is 3.35. The maximum absolute atomic E-state index is 13.9. The molecule has 158 valence electrons. The number of ether oxygens (including phenoxy) is 1. The molecule has 0 atom stereocenters. The summed E-state index contributed by atoms with van der Waals surface area (Å²) < 4.78 is 24.9. The Kier molecular flexibility index (Phi) is 7.25. The molecule has 1 aromatic carbocycles. The lowest BCUT2D eigenvalue weighted by Crippen LogP contribution is -2.48. The smallest absolute Gasteiger partial charge is 0.191 e. The van der Waals surface area contributed by atoms with E-state index >= 15 is 0 Å². The molecule has 6 nitrogen and oxygen atoms in total. The molecular formula is C22H31FN4O2. The van der Waals surface area contributed by atoms with Gasteiger partial charge in [-0.1, -0.05) is 31.1 Å². The number of nitrogens with zero attached hydrogens (tertiary/aromatic N) is 2. The minimum Gasteiger partial charge on any atom is -0.381 e. The summed E-state index contributed by atoms with van der Waals surface area (Å²) in [6.07, 6.45) is 3.31. The predicted molar refractivity (Wildman–Crippen MR) is 112 cm³/mol. The van der Waals surface area contributed by atoms with Gasteiger partial charge in [0.25, 0.3) is 0 Å². The Morgan fingerprint density at radius 3 is 2.66 bits per heavy atom. The molecule has 1 fully saturated rings. The van der Waals surface area contributed by atoms with Crippen molar-refractivity contribution in [1.29, 1.82) is 0 Å². The van der Waals surface area contributed by atoms with Gasteiger partial charge in [0, 0.05) is 50.8 Å². The van der Waals surface area contributed by atoms with Gasteiger partial charge in [0.1, 0.15) is 11.6 Å². The van der Waals surface area contributed by atoms with Gasteiger partial charge in [-0.15, -0.1) is 0 Å². The van der Waals surface area contributed by atoms with E-state index in [-0.39, 0.29) is 11.2 Å². The fraction of sp³-hybridized carbons (Fsp3) is 0.545. The van der Waals surface area contributed by atoms with E-state index in [1.54, 1.807) is 19.2 Å². The summed E-state index contributed by atoms with van der Waals surface area (Å²) in [5, 5.41) is 11.0. The van der Waals surface area contributed by atoms with Crippen LogP contribution in [-0.4, -0.2) is 37.9 Å². The van der Waals surface area contributed by atoms with Gasteiger partial charge in [-0.3, -0.25) is 4.99 Å². The number of hydrogen-bond donors (Lipinski definition) is 2. The highest BCUT2D eigenvalue weighted by Crippen LogP contribution is 2.34. The van der Waals surface area contributed by atoms with Crippen molar-refractivity contribution in [2.24, 2.45) is 4.99 Å². The minimum absolute atomic E-state index is 0.182. The number of nitrogens with one attached hydrogen (secondary N) is 2. The lowest BCUT2D eigenvalue weighted by molar-refractivity contribution is 0.0513. The van der Waals surface area contributed by atoms with Crippen LogP contribution in [0, 0.1) is 5.82 Å². The average molecular weight is 403 g/mol. The zero-order valence-corrected chi connectivity index (χ0v) is 17.6. The first kappa shape index (κ1) is 21.3. The molecule has 1 aromatic heterocycles. The van der Waals surface area contributed by atoms with Crippen LogP contribution < -0.4 is 10.6 Å². The number of guanidine groups is 1. The first-order valence-corrected chi connectivity index (χ1v) is 10.4. The van der Waals surface area contributed by atoms with E-state index in [4.69, 9.17) is 9.26 Å². The Hall–Kier alpha value is -2.41. The van der Waals surface area contributed by atoms with Crippen molar-refractivity contribution in [3.05, 3.63) is 52.7 Å². The van der Waals surface area contributed by atoms with Crippen molar-refractivity contribution in [3.8, 4) is 0 Å². The van der Waals surface area contributed by atoms with Crippen LogP contribution in [0.3, 0.4) is 0 Å². The quantitative estimate of drug-likeness (QED) is 0.549. The molecule has 1 saturated heterocycles. The second-order valence-electron chi connectivity index (χ2n) is 7.42. The molecule has 0 aliphatic carbocycles. The summed E-state index contributed by atoms with van der Waals surface area (Å²) in [4.78, 5) is 4.36. The number of benzene rings is 1. The third kappa shape index (κ3) is 4.96. The van der Waals surface area contributed by atoms with Gasteiger partial charge in [-0.05, 0) is 37.0 Å². The van der Waals surface area contributed by atoms with Gasteiger partial charge in [0.15, 0.2) is 5.96 Å². The molecular weight excluding hydrogens is 371 g/mol. The molecule has 29 heavy (non-hydrogen) atoms. The van der Waals surface area contributed by atoms with Crippen molar-refractivity contribution in [2.75, 3.05) is 26.8 Å². The Morgan fingerprint density at radius 1 is 1.21 bits per heavy atom. The van der Waals surface area contributed by atoms with E-state index in [1.165, 1.54) is 6.07 Å². The molecule has 0 spiro atoms. The van der Waals surface area contributed by atoms with Crippen LogP contribution in [0.15, 0.2) is 33.8 Å². The highest BCUT2D eigenvalue weighted by molar-refractivity contribution is 5.79. The van der Waals surface area contributed by atoms with Gasteiger partial charge in [-0.25, -0.2) is 4.39 Å². The average Bonchev–Trinajstić information content (AvgIpc) is 3.16. The van der Waals surface area contributed by atoms with Crippen LogP contribution in [-0.2, 0) is 29.5 Å². The van der Waals surface area contributed by atoms with Crippen LogP contribution in [0.5, 0.6) is 0 Å². The second-order valence-corrected chi connectivity index (χ2v) is 7.42. The van der Waals surface area contributed by atoms with Crippen LogP contribution >= 0.6 is 0 Å². The molecule has 7 heteroatoms. The van der Waals surface area contributed by atoms with E-state index < -0.39 is 0 Å². The Labute approximate surface area is 171 Å². The van der Waals surface area contributed by atoms with Crippen molar-refractivity contribution >= 4 is 5.96 Å². The lowest BCUT2D eigenvalue weighted by Gasteiger charge is -2.38. The first-order chi connectivity index (χ1) is 14.1. The molecule has 0 radical (unpaired) electrons. The molecule has 0 unspecified atom stereocenters. The first-order valence-electron chi connectivity index (χ1n) is 10.4. The summed E-state index contributed by atoms with van der Waals surface area (Å²) in [6, 6.07) is 6.91. The number of rotatable bonds is 7. The van der Waals surface area contributed by atoms with Gasteiger partial charge in [0.2, 0.25) is 0 Å². The van der Waals surface area contributed by atoms with Gasteiger partial charge in [0.05, 0.1) is 5.69 Å². The fourth-order valence-corrected chi connectivity index (χ4v) is 3.93. The molecule has 3 rings (SSSR count). The minimum atomic E-state index is -0.206. The third-order valence-corrected chi connectivity index (χ3v) is 5.74. The third-order valence-electron chi connectivity index (χ3n) is 5.74. The van der Waals surface area contributed by atoms with Gasteiger partial charge < -0.3 is 19.9 Å². The van der Waals surface area contributed by atoms with Gasteiger partial charge >= 0.3 is 0 Å². The zero-order chi connectivity index (χ0) is 20.7. The van der Waals surface area contributed by atoms with E-state index in [2.05, 4.69) is 34.6 Å². The maximum atomic E-state index is 13.9. The number of aryl methyl sites for hydroxylation is 2. The lowest BCUT2D eigenvalue weighted by atomic mass is 9.74. The number of halogens is 1. The van der Waals surface area contributed by atoms with Crippen molar-refractivity contribution in [2.45, 2.75) is 51.5 Å². The summed E-state index contributed by atoms with van der Waals surface area (Å²) in [7, 11) is 1.75. The highest BCUT2D eigenvalue weighted by atomic mass is 19.1. The van der Waals surface area contributed by atoms with Gasteiger partial charge in [-0.2, -0.15) is 0 Å². The molecule has 2 heterocycles. The number of hydrogen-bond acceptors (Lipinski definition) is 4. The molecule has 2 N–H and O–H groups in total. The molecule has 0 bridgehead atoms. The molecule has 2 aromatic rings. The van der Waals surface area contributed by atoms with Crippen LogP contribution in [0.1, 0.15) is 49.3 Å². The van der Waals surface area contributed by atoms with Crippen LogP contribution in [0.2, 0.25) is 0 Å². The molecule has 1 aliphatic heterocycles. The Balaban J connectivity index is 1.69. The zero-order valence-electron chi connectivity index (χ0n) is 17.6. The van der Waals surface area contributed by atoms with E-state index in [1.807, 2.05) is 6.07 Å². The largest absolute Gasteiger partial charge is 0.381 e. The summed E-state index contributed by atoms with van der Waals surface area (Å²) in [5.74, 6) is 1.41. The molecule has 1 aliphatic rings. The Morgan fingerprint density at radius 2 is 2.00 bits per heavy atom. The second kappa shape index (κ2) is 9.87. The molecule has 0 amide bonds. The van der Waals surface area contributed by atoms with E-state index in [9.17, 15) is 4.39 Å². The maximum Gasteiger partial charge on any atom is 0.191 e. The van der Waals surface area contributed by atoms with E-state index in [0.29, 0.717) is 32.3 Å². The SMILES string of the molecule is CCc1noc(CC)c1CNC(=NC)NCC1(c2cccc(F)c2)CCOCC1. The van der Waals surface area contributed by atoms with E-state index in [0.717, 1.165) is 48.3 Å². The van der Waals surface area contributed by atoms with Crippen molar-refractivity contribution in [3.63, 3.8) is 0 Å². The summed E-state index contributed by atoms with van der Waals surface area (Å²) in [6.45, 7) is 6.73.